The molecule has 0 rings (SSSR count). The second-order valence-corrected chi connectivity index (χ2v) is 0.455. The van der Waals surface area contributed by atoms with E-state index in [-0.39, 0.29) is 60.5 Å². The van der Waals surface area contributed by atoms with Gasteiger partial charge in [0, 0.05) is 0 Å². The Bertz CT molecular complexity index is 37.5. The van der Waals surface area contributed by atoms with E-state index in [1.165, 1.54) is 0 Å². The second kappa shape index (κ2) is 25.3. The third-order valence-electron chi connectivity index (χ3n) is 0. The van der Waals surface area contributed by atoms with Gasteiger partial charge in [0.15, 0.2) is 5.96 Å². The predicted octanol–water partition coefficient (Wildman–Crippen LogP) is -10.5. The van der Waals surface area contributed by atoms with Gasteiger partial charge in [0.25, 0.3) is 0 Å². The van der Waals surface area contributed by atoms with Crippen molar-refractivity contribution in [3.8, 4) is 0 Å². The van der Waals surface area contributed by atoms with Crippen LogP contribution in [-0.2, 0) is 0 Å². The SMILES string of the molecule is N=C(N)N.[Al+3].[Cl-].[Cl-].[Cl-]. The molecule has 5 N–H and O–H groups in total. The smallest absolute Gasteiger partial charge is 1.00 e. The zero-order chi connectivity index (χ0) is 3.58. The minimum Gasteiger partial charge on any atom is -1.00 e. The average Bonchev–Trinajstić information content (AvgIpc) is 0.811. The summed E-state index contributed by atoms with van der Waals surface area (Å²) in [4.78, 5) is 0. The van der Waals surface area contributed by atoms with E-state index in [2.05, 4.69) is 11.5 Å². The van der Waals surface area contributed by atoms with Gasteiger partial charge in [-0.05, 0) is 0 Å². The first-order chi connectivity index (χ1) is 1.73. The van der Waals surface area contributed by atoms with Gasteiger partial charge >= 0.3 is 17.4 Å². The Morgan fingerprint density at radius 1 is 1.00 bits per heavy atom. The normalized spacial score (nSPS) is 3.00. The molecule has 0 aromatic rings. The Kier molecular flexibility index (Phi) is 120. The monoisotopic (exact) mass is 191 g/mol. The van der Waals surface area contributed by atoms with Crippen LogP contribution in [0.15, 0.2) is 0 Å². The molecule has 3 nitrogen and oxygen atoms in total. The maximum Gasteiger partial charge on any atom is 3.00 e. The molecule has 0 aliphatic rings. The standard InChI is InChI=1S/CH5N3.Al.3ClH/c2-1(3)4;;;;/h(H5,2,3,4);;3*1H/q;+3;;;/p-3. The van der Waals surface area contributed by atoms with E-state index in [4.69, 9.17) is 5.41 Å². The van der Waals surface area contributed by atoms with E-state index in [9.17, 15) is 0 Å². The van der Waals surface area contributed by atoms with Crippen LogP contribution in [0, 0.1) is 5.41 Å². The van der Waals surface area contributed by atoms with E-state index >= 15 is 0 Å². The third-order valence-corrected chi connectivity index (χ3v) is 0. The summed E-state index contributed by atoms with van der Waals surface area (Å²) in [5.74, 6) is -0.333. The molecule has 0 fully saturated rings. The minimum absolute atomic E-state index is 0. The van der Waals surface area contributed by atoms with Crippen LogP contribution < -0.4 is 48.7 Å². The van der Waals surface area contributed by atoms with Crippen molar-refractivity contribution in [1.82, 2.24) is 0 Å². The molecule has 0 spiro atoms. The van der Waals surface area contributed by atoms with Gasteiger partial charge in [-0.1, -0.05) is 0 Å². The summed E-state index contributed by atoms with van der Waals surface area (Å²) in [5.41, 5.74) is 8.94. The van der Waals surface area contributed by atoms with Crippen LogP contribution in [0.4, 0.5) is 0 Å². The second-order valence-electron chi connectivity index (χ2n) is 0.455. The van der Waals surface area contributed by atoms with Crippen LogP contribution in [-0.4, -0.2) is 23.3 Å². The molecule has 0 aromatic carbocycles. The van der Waals surface area contributed by atoms with Crippen molar-refractivity contribution in [2.75, 3.05) is 0 Å². The van der Waals surface area contributed by atoms with E-state index < -0.39 is 0 Å². The van der Waals surface area contributed by atoms with Crippen LogP contribution in [0.5, 0.6) is 0 Å². The molecular weight excluding hydrogens is 187 g/mol. The topological polar surface area (TPSA) is 75.9 Å². The Balaban J connectivity index is -0.00000000750. The van der Waals surface area contributed by atoms with Gasteiger partial charge in [0.05, 0.1) is 0 Å². The number of nitrogens with two attached hydrogens (primary N) is 2. The number of nitrogens with one attached hydrogen (secondary N) is 1. The maximum absolute atomic E-state index is 6.06. The molecule has 0 bridgehead atoms. The molecule has 0 aliphatic carbocycles. The first kappa shape index (κ1) is 37.9. The zero-order valence-electron chi connectivity index (χ0n) is 3.87. The number of hydrogen-bond acceptors (Lipinski definition) is 1. The van der Waals surface area contributed by atoms with Crippen molar-refractivity contribution in [2.24, 2.45) is 11.5 Å². The number of hydrogen-bond donors (Lipinski definition) is 3. The van der Waals surface area contributed by atoms with E-state index in [1.807, 2.05) is 0 Å². The van der Waals surface area contributed by atoms with Crippen molar-refractivity contribution in [2.45, 2.75) is 0 Å². The Labute approximate surface area is 77.4 Å². The maximum atomic E-state index is 6.06. The number of halogens is 3. The van der Waals surface area contributed by atoms with Gasteiger partial charge in [-0.15, -0.1) is 0 Å². The van der Waals surface area contributed by atoms with E-state index in [0.29, 0.717) is 0 Å². The Hall–Kier alpha value is 0.672. The van der Waals surface area contributed by atoms with Crippen molar-refractivity contribution in [3.63, 3.8) is 0 Å². The van der Waals surface area contributed by atoms with Crippen LogP contribution in [0.1, 0.15) is 0 Å². The molecule has 8 heavy (non-hydrogen) atoms. The van der Waals surface area contributed by atoms with E-state index in [0.717, 1.165) is 0 Å². The molecule has 0 amide bonds. The van der Waals surface area contributed by atoms with Gasteiger partial charge in [-0.25, -0.2) is 0 Å². The third kappa shape index (κ3) is 475. The van der Waals surface area contributed by atoms with Crippen LogP contribution >= 0.6 is 0 Å². The van der Waals surface area contributed by atoms with Crippen LogP contribution in [0.2, 0.25) is 0 Å². The summed E-state index contributed by atoms with van der Waals surface area (Å²) in [6, 6.07) is 0. The fraction of sp³-hybridized carbons (Fsp3) is 0. The molecule has 0 heterocycles. The predicted molar refractivity (Wildman–Crippen MR) is 21.9 cm³/mol. The molecule has 0 unspecified atom stereocenters. The summed E-state index contributed by atoms with van der Waals surface area (Å²) >= 11 is 0. The molecule has 0 radical (unpaired) electrons. The van der Waals surface area contributed by atoms with Crippen LogP contribution in [0.25, 0.3) is 0 Å². The first-order valence-corrected chi connectivity index (χ1v) is 0.827. The van der Waals surface area contributed by atoms with Crippen molar-refractivity contribution >= 4 is 23.3 Å². The quantitative estimate of drug-likeness (QED) is 0.203. The zero-order valence-corrected chi connectivity index (χ0v) is 7.29. The molecule has 48 valence electrons. The van der Waals surface area contributed by atoms with Gasteiger partial charge in [-0.2, -0.15) is 0 Å². The largest absolute Gasteiger partial charge is 3.00 e. The Morgan fingerprint density at radius 2 is 1.00 bits per heavy atom. The van der Waals surface area contributed by atoms with Gasteiger partial charge in [-0.3, -0.25) is 5.41 Å². The van der Waals surface area contributed by atoms with Gasteiger partial charge in [0.2, 0.25) is 0 Å². The van der Waals surface area contributed by atoms with Gasteiger partial charge in [0.1, 0.15) is 0 Å². The summed E-state index contributed by atoms with van der Waals surface area (Å²) in [5, 5.41) is 6.06. The molecule has 0 aromatic heterocycles. The molecule has 0 atom stereocenters. The van der Waals surface area contributed by atoms with Crippen molar-refractivity contribution in [1.29, 1.82) is 5.41 Å². The number of guanidine groups is 1. The summed E-state index contributed by atoms with van der Waals surface area (Å²) in [6.07, 6.45) is 0. The van der Waals surface area contributed by atoms with Gasteiger partial charge < -0.3 is 48.7 Å². The fourth-order valence-corrected chi connectivity index (χ4v) is 0. The first-order valence-electron chi connectivity index (χ1n) is 0.827. The Morgan fingerprint density at radius 3 is 1.00 bits per heavy atom. The minimum atomic E-state index is -0.333. The molecule has 0 saturated carbocycles. The van der Waals surface area contributed by atoms with Crippen molar-refractivity contribution in [3.05, 3.63) is 0 Å². The van der Waals surface area contributed by atoms with Crippen molar-refractivity contribution < 1.29 is 37.2 Å². The molecule has 0 aliphatic heterocycles. The molecular formula is CH5AlCl3N3. The molecule has 7 heteroatoms. The summed E-state index contributed by atoms with van der Waals surface area (Å²) in [6.45, 7) is 0. The van der Waals surface area contributed by atoms with E-state index in [1.54, 1.807) is 0 Å². The summed E-state index contributed by atoms with van der Waals surface area (Å²) in [7, 11) is 0. The average molecular weight is 192 g/mol. The fourth-order valence-electron chi connectivity index (χ4n) is 0. The van der Waals surface area contributed by atoms with Crippen LogP contribution in [0.3, 0.4) is 0 Å². The number of rotatable bonds is 0. The molecule has 0 saturated heterocycles. The summed E-state index contributed by atoms with van der Waals surface area (Å²) < 4.78 is 0.